The largest absolute Gasteiger partial charge is 0.504 e. The zero-order valence-corrected chi connectivity index (χ0v) is 13.3. The summed E-state index contributed by atoms with van der Waals surface area (Å²) in [6.45, 7) is 1.87. The Bertz CT molecular complexity index is 952. The molecule has 0 fully saturated rings. The lowest BCUT2D eigenvalue weighted by atomic mass is 9.97. The number of rotatable bonds is 3. The van der Waals surface area contributed by atoms with Crippen molar-refractivity contribution >= 4 is 16.6 Å². The number of methoxy groups -OCH3 is 1. The van der Waals surface area contributed by atoms with Gasteiger partial charge in [0.2, 0.25) is 0 Å². The van der Waals surface area contributed by atoms with Crippen LogP contribution in [0.1, 0.15) is 16.8 Å². The molecule has 0 saturated heterocycles. The Hall–Kier alpha value is -3.28. The van der Waals surface area contributed by atoms with Gasteiger partial charge >= 0.3 is 0 Å². The molecule has 1 heterocycles. The van der Waals surface area contributed by atoms with E-state index >= 15 is 0 Å². The molecule has 0 amide bonds. The fraction of sp³-hybridized carbons (Fsp3) is 0.111. The molecule has 6 heteroatoms. The average molecular weight is 323 g/mol. The minimum Gasteiger partial charge on any atom is -0.504 e. The number of aryl methyl sites for hydroxylation is 1. The topological polar surface area (TPSA) is 101 Å². The zero-order valence-electron chi connectivity index (χ0n) is 13.3. The van der Waals surface area contributed by atoms with E-state index < -0.39 is 0 Å². The van der Waals surface area contributed by atoms with Crippen molar-refractivity contribution in [3.8, 4) is 17.2 Å². The number of ether oxygens (including phenoxy) is 1. The van der Waals surface area contributed by atoms with Crippen LogP contribution in [0.15, 0.2) is 47.6 Å². The first-order chi connectivity index (χ1) is 11.5. The van der Waals surface area contributed by atoms with Crippen LogP contribution < -0.4 is 10.6 Å². The summed E-state index contributed by atoms with van der Waals surface area (Å²) in [5.41, 5.74) is 3.32. The molecule has 0 aliphatic rings. The lowest BCUT2D eigenvalue weighted by molar-refractivity contribution is 0.403. The molecule has 2 aromatic carbocycles. The summed E-state index contributed by atoms with van der Waals surface area (Å²) in [7, 11) is 1.59. The van der Waals surface area contributed by atoms with Gasteiger partial charge in [0, 0.05) is 22.2 Å². The van der Waals surface area contributed by atoms with Gasteiger partial charge in [-0.05, 0) is 37.3 Å². The first-order valence-corrected chi connectivity index (χ1v) is 7.30. The summed E-state index contributed by atoms with van der Waals surface area (Å²) in [5.74, 6) is 5.85. The second-order valence-electron chi connectivity index (χ2n) is 5.35. The SMILES string of the molecule is COc1cccc2c(/C(=N/N)c3ccc(O)c(O)c3)cc(C)nc12. The van der Waals surface area contributed by atoms with E-state index in [1.54, 1.807) is 13.2 Å². The van der Waals surface area contributed by atoms with Crippen molar-refractivity contribution in [1.29, 1.82) is 0 Å². The second kappa shape index (κ2) is 6.08. The van der Waals surface area contributed by atoms with E-state index in [2.05, 4.69) is 10.1 Å². The number of hydrogen-bond acceptors (Lipinski definition) is 6. The zero-order chi connectivity index (χ0) is 17.3. The highest BCUT2D eigenvalue weighted by molar-refractivity contribution is 6.19. The van der Waals surface area contributed by atoms with E-state index in [0.29, 0.717) is 22.5 Å². The van der Waals surface area contributed by atoms with Gasteiger partial charge in [0.1, 0.15) is 11.3 Å². The van der Waals surface area contributed by atoms with Gasteiger partial charge in [0.25, 0.3) is 0 Å². The molecule has 122 valence electrons. The van der Waals surface area contributed by atoms with Crippen LogP contribution in [0.3, 0.4) is 0 Å². The molecule has 0 aliphatic carbocycles. The van der Waals surface area contributed by atoms with Gasteiger partial charge in [0.15, 0.2) is 11.5 Å². The van der Waals surface area contributed by atoms with E-state index in [0.717, 1.165) is 16.6 Å². The number of fused-ring (bicyclic) bond motifs is 1. The number of hydrogen-bond donors (Lipinski definition) is 3. The number of phenolic OH excluding ortho intramolecular Hbond substituents is 2. The number of nitrogens with zero attached hydrogens (tertiary/aromatic N) is 2. The van der Waals surface area contributed by atoms with E-state index in [9.17, 15) is 10.2 Å². The number of aromatic nitrogens is 1. The summed E-state index contributed by atoms with van der Waals surface area (Å²) in [6.07, 6.45) is 0. The highest BCUT2D eigenvalue weighted by Gasteiger charge is 2.16. The third-order valence-electron chi connectivity index (χ3n) is 3.78. The van der Waals surface area contributed by atoms with Gasteiger partial charge in [0.05, 0.1) is 12.8 Å². The lowest BCUT2D eigenvalue weighted by Crippen LogP contribution is -2.08. The maximum absolute atomic E-state index is 9.76. The molecule has 3 aromatic rings. The van der Waals surface area contributed by atoms with Crippen molar-refractivity contribution in [3.05, 3.63) is 59.3 Å². The molecule has 0 bridgehead atoms. The number of hydrazone groups is 1. The van der Waals surface area contributed by atoms with Gasteiger partial charge in [-0.15, -0.1) is 0 Å². The van der Waals surface area contributed by atoms with Crippen LogP contribution in [0.25, 0.3) is 10.9 Å². The third-order valence-corrected chi connectivity index (χ3v) is 3.78. The standard InChI is InChI=1S/C18H17N3O3/c1-10-8-13(12-4-3-5-16(24-2)18(12)20-10)17(21-19)11-6-7-14(22)15(23)9-11/h3-9,22-23H,19H2,1-2H3/b21-17+. The van der Waals surface area contributed by atoms with Gasteiger partial charge in [-0.2, -0.15) is 5.10 Å². The summed E-state index contributed by atoms with van der Waals surface area (Å²) in [6, 6.07) is 11.9. The Morgan fingerprint density at radius 3 is 2.58 bits per heavy atom. The fourth-order valence-electron chi connectivity index (χ4n) is 2.68. The molecule has 24 heavy (non-hydrogen) atoms. The van der Waals surface area contributed by atoms with Crippen molar-refractivity contribution < 1.29 is 14.9 Å². The minimum atomic E-state index is -0.235. The van der Waals surface area contributed by atoms with Gasteiger partial charge < -0.3 is 20.8 Å². The lowest BCUT2D eigenvalue weighted by Gasteiger charge is -2.13. The summed E-state index contributed by atoms with van der Waals surface area (Å²) < 4.78 is 5.38. The molecule has 4 N–H and O–H groups in total. The second-order valence-corrected chi connectivity index (χ2v) is 5.35. The van der Waals surface area contributed by atoms with Crippen LogP contribution in [0.4, 0.5) is 0 Å². The molecule has 0 atom stereocenters. The molecule has 1 aromatic heterocycles. The van der Waals surface area contributed by atoms with Crippen molar-refractivity contribution in [2.24, 2.45) is 10.9 Å². The van der Waals surface area contributed by atoms with Crippen LogP contribution in [0.2, 0.25) is 0 Å². The van der Waals surface area contributed by atoms with Crippen molar-refractivity contribution in [2.45, 2.75) is 6.92 Å². The summed E-state index contributed by atoms with van der Waals surface area (Å²) >= 11 is 0. The molecule has 0 aliphatic heterocycles. The summed E-state index contributed by atoms with van der Waals surface area (Å²) in [4.78, 5) is 4.54. The first kappa shape index (κ1) is 15.6. The van der Waals surface area contributed by atoms with E-state index in [4.69, 9.17) is 10.6 Å². The molecule has 0 unspecified atom stereocenters. The Kier molecular flexibility index (Phi) is 3.95. The normalized spacial score (nSPS) is 11.7. The third kappa shape index (κ3) is 2.58. The molecule has 0 saturated carbocycles. The molecule has 6 nitrogen and oxygen atoms in total. The molecule has 3 rings (SSSR count). The maximum Gasteiger partial charge on any atom is 0.158 e. The number of pyridine rings is 1. The predicted octanol–water partition coefficient (Wildman–Crippen LogP) is 2.67. The van der Waals surface area contributed by atoms with E-state index in [-0.39, 0.29) is 11.5 Å². The van der Waals surface area contributed by atoms with Gasteiger partial charge in [-0.25, -0.2) is 4.98 Å². The Morgan fingerprint density at radius 1 is 1.12 bits per heavy atom. The molecular formula is C18H17N3O3. The Balaban J connectivity index is 2.28. The number of nitrogens with two attached hydrogens (primary N) is 1. The van der Waals surface area contributed by atoms with E-state index in [1.807, 2.05) is 31.2 Å². The Morgan fingerprint density at radius 2 is 1.92 bits per heavy atom. The van der Waals surface area contributed by atoms with Crippen LogP contribution in [-0.4, -0.2) is 28.0 Å². The van der Waals surface area contributed by atoms with Crippen LogP contribution in [0.5, 0.6) is 17.2 Å². The highest BCUT2D eigenvalue weighted by Crippen LogP contribution is 2.30. The van der Waals surface area contributed by atoms with Crippen molar-refractivity contribution in [2.75, 3.05) is 7.11 Å². The van der Waals surface area contributed by atoms with Crippen LogP contribution in [-0.2, 0) is 0 Å². The van der Waals surface area contributed by atoms with Gasteiger partial charge in [-0.1, -0.05) is 12.1 Å². The van der Waals surface area contributed by atoms with Crippen molar-refractivity contribution in [3.63, 3.8) is 0 Å². The Labute approximate surface area is 138 Å². The average Bonchev–Trinajstić information content (AvgIpc) is 2.58. The number of phenols is 2. The molecular weight excluding hydrogens is 306 g/mol. The highest BCUT2D eigenvalue weighted by atomic mass is 16.5. The minimum absolute atomic E-state index is 0.201. The first-order valence-electron chi connectivity index (χ1n) is 7.30. The maximum atomic E-state index is 9.76. The quantitative estimate of drug-likeness (QED) is 0.298. The fourth-order valence-corrected chi connectivity index (χ4v) is 2.68. The van der Waals surface area contributed by atoms with Crippen LogP contribution in [0, 0.1) is 6.92 Å². The van der Waals surface area contributed by atoms with Gasteiger partial charge in [-0.3, -0.25) is 0 Å². The number of aromatic hydroxyl groups is 2. The van der Waals surface area contributed by atoms with Crippen molar-refractivity contribution in [1.82, 2.24) is 4.98 Å². The molecule has 0 spiro atoms. The monoisotopic (exact) mass is 323 g/mol. The van der Waals surface area contributed by atoms with E-state index in [1.165, 1.54) is 12.1 Å². The smallest absolute Gasteiger partial charge is 0.158 e. The van der Waals surface area contributed by atoms with Crippen LogP contribution >= 0.6 is 0 Å². The number of benzene rings is 2. The summed E-state index contributed by atoms with van der Waals surface area (Å²) in [5, 5.41) is 24.0. The molecule has 0 radical (unpaired) electrons. The number of para-hydroxylation sites is 1. The predicted molar refractivity (Wildman–Crippen MR) is 92.6 cm³/mol.